The number of rotatable bonds is 2. The monoisotopic (exact) mass is 271 g/mol. The van der Waals surface area contributed by atoms with Crippen LogP contribution in [0.2, 0.25) is 5.15 Å². The maximum Gasteiger partial charge on any atom is 0.226 e. The first-order chi connectivity index (χ1) is 9.25. The third kappa shape index (κ3) is 2.22. The van der Waals surface area contributed by atoms with Gasteiger partial charge in [-0.3, -0.25) is 4.98 Å². The van der Waals surface area contributed by atoms with Crippen molar-refractivity contribution < 1.29 is 4.74 Å². The molecule has 3 rings (SSSR count). The molecule has 0 fully saturated rings. The van der Waals surface area contributed by atoms with Crippen molar-refractivity contribution >= 4 is 22.5 Å². The van der Waals surface area contributed by atoms with Crippen LogP contribution < -0.4 is 4.74 Å². The Morgan fingerprint density at radius 3 is 2.79 bits per heavy atom. The molecule has 0 unspecified atom stereocenters. The summed E-state index contributed by atoms with van der Waals surface area (Å²) in [5.74, 6) is 1.09. The molecule has 0 saturated carbocycles. The van der Waals surface area contributed by atoms with Gasteiger partial charge in [-0.05, 0) is 19.1 Å². The molecular formula is C14H10ClN3O. The fourth-order valence-electron chi connectivity index (χ4n) is 1.78. The number of nitrogens with zero attached hydrogens (tertiary/aromatic N) is 3. The van der Waals surface area contributed by atoms with Crippen molar-refractivity contribution in [2.45, 2.75) is 6.92 Å². The largest absolute Gasteiger partial charge is 0.436 e. The number of hydrogen-bond acceptors (Lipinski definition) is 4. The Labute approximate surface area is 115 Å². The highest BCUT2D eigenvalue weighted by molar-refractivity contribution is 6.30. The molecule has 0 bridgehead atoms. The molecule has 4 nitrogen and oxygen atoms in total. The first-order valence-electron chi connectivity index (χ1n) is 5.74. The molecule has 0 amide bonds. The standard InChI is InChI=1S/C14H10ClN3O/c1-9-13(15)17-8-18-14(9)19-11-6-2-4-10-5-3-7-16-12(10)11/h2-8H,1H3. The minimum absolute atomic E-state index is 0.387. The maximum atomic E-state index is 5.95. The Balaban J connectivity index is 2.09. The molecule has 2 aromatic heterocycles. The van der Waals surface area contributed by atoms with E-state index in [1.807, 2.05) is 37.3 Å². The van der Waals surface area contributed by atoms with E-state index < -0.39 is 0 Å². The van der Waals surface area contributed by atoms with Gasteiger partial charge in [-0.15, -0.1) is 0 Å². The fourth-order valence-corrected chi connectivity index (χ4v) is 1.90. The lowest BCUT2D eigenvalue weighted by atomic mass is 10.2. The van der Waals surface area contributed by atoms with Crippen LogP contribution in [0.25, 0.3) is 10.9 Å². The second-order valence-electron chi connectivity index (χ2n) is 4.03. The molecule has 0 spiro atoms. The molecule has 0 atom stereocenters. The molecule has 0 saturated heterocycles. The van der Waals surface area contributed by atoms with E-state index in [9.17, 15) is 0 Å². The first-order valence-corrected chi connectivity index (χ1v) is 6.12. The molecule has 1 aromatic carbocycles. The van der Waals surface area contributed by atoms with E-state index in [-0.39, 0.29) is 0 Å². The third-order valence-corrected chi connectivity index (χ3v) is 3.16. The molecule has 0 aliphatic carbocycles. The topological polar surface area (TPSA) is 47.9 Å². The molecule has 0 N–H and O–H groups in total. The van der Waals surface area contributed by atoms with Gasteiger partial charge in [0.05, 0.1) is 0 Å². The van der Waals surface area contributed by atoms with Gasteiger partial charge >= 0.3 is 0 Å². The summed E-state index contributed by atoms with van der Waals surface area (Å²) >= 11 is 5.95. The molecule has 5 heteroatoms. The van der Waals surface area contributed by atoms with Crippen molar-refractivity contribution in [2.24, 2.45) is 0 Å². The van der Waals surface area contributed by atoms with Crippen LogP contribution >= 0.6 is 11.6 Å². The van der Waals surface area contributed by atoms with E-state index in [1.54, 1.807) is 6.20 Å². The zero-order chi connectivity index (χ0) is 13.2. The highest BCUT2D eigenvalue weighted by Crippen LogP contribution is 2.30. The normalized spacial score (nSPS) is 10.6. The van der Waals surface area contributed by atoms with Gasteiger partial charge in [0.15, 0.2) is 5.75 Å². The van der Waals surface area contributed by atoms with Crippen LogP contribution in [0.5, 0.6) is 11.6 Å². The van der Waals surface area contributed by atoms with Gasteiger partial charge in [0.2, 0.25) is 5.88 Å². The van der Waals surface area contributed by atoms with Crippen LogP contribution in [0.3, 0.4) is 0 Å². The number of benzene rings is 1. The van der Waals surface area contributed by atoms with E-state index in [4.69, 9.17) is 16.3 Å². The SMILES string of the molecule is Cc1c(Cl)ncnc1Oc1cccc2cccnc12. The van der Waals surface area contributed by atoms with Gasteiger partial charge in [0.1, 0.15) is 17.0 Å². The van der Waals surface area contributed by atoms with Crippen LogP contribution in [0, 0.1) is 6.92 Å². The molecule has 94 valence electrons. The van der Waals surface area contributed by atoms with Gasteiger partial charge in [-0.25, -0.2) is 9.97 Å². The first kappa shape index (κ1) is 11.9. The molecule has 3 aromatic rings. The van der Waals surface area contributed by atoms with Crippen LogP contribution in [-0.2, 0) is 0 Å². The van der Waals surface area contributed by atoms with Gasteiger partial charge in [0.25, 0.3) is 0 Å². The van der Waals surface area contributed by atoms with Crippen molar-refractivity contribution in [3.05, 3.63) is 53.6 Å². The number of halogens is 1. The minimum atomic E-state index is 0.387. The summed E-state index contributed by atoms with van der Waals surface area (Å²) in [4.78, 5) is 12.3. The summed E-state index contributed by atoms with van der Waals surface area (Å²) in [6.45, 7) is 1.82. The van der Waals surface area contributed by atoms with Crippen LogP contribution in [0.4, 0.5) is 0 Å². The predicted octanol–water partition coefficient (Wildman–Crippen LogP) is 3.78. The minimum Gasteiger partial charge on any atom is -0.436 e. The van der Waals surface area contributed by atoms with E-state index in [0.717, 1.165) is 10.9 Å². The van der Waals surface area contributed by atoms with E-state index in [1.165, 1.54) is 6.33 Å². The van der Waals surface area contributed by atoms with Crippen molar-refractivity contribution in [3.63, 3.8) is 0 Å². The molecule has 0 aliphatic rings. The van der Waals surface area contributed by atoms with Crippen molar-refractivity contribution in [3.8, 4) is 11.6 Å². The zero-order valence-electron chi connectivity index (χ0n) is 10.2. The lowest BCUT2D eigenvalue weighted by molar-refractivity contribution is 0.461. The van der Waals surface area contributed by atoms with Crippen LogP contribution in [0.15, 0.2) is 42.9 Å². The Bertz CT molecular complexity index is 740. The molecule has 0 aliphatic heterocycles. The average Bonchev–Trinajstić information content (AvgIpc) is 2.44. The highest BCUT2D eigenvalue weighted by atomic mass is 35.5. The molecule has 2 heterocycles. The Morgan fingerprint density at radius 2 is 1.89 bits per heavy atom. The smallest absolute Gasteiger partial charge is 0.226 e. The Kier molecular flexibility index (Phi) is 3.01. The average molecular weight is 272 g/mol. The third-order valence-electron chi connectivity index (χ3n) is 2.78. The summed E-state index contributed by atoms with van der Waals surface area (Å²) in [6.07, 6.45) is 3.11. The van der Waals surface area contributed by atoms with Crippen LogP contribution in [0.1, 0.15) is 5.56 Å². The quantitative estimate of drug-likeness (QED) is 0.666. The molecule has 19 heavy (non-hydrogen) atoms. The summed E-state index contributed by atoms with van der Waals surface area (Å²) in [6, 6.07) is 9.62. The van der Waals surface area contributed by atoms with E-state index in [0.29, 0.717) is 22.3 Å². The van der Waals surface area contributed by atoms with Crippen molar-refractivity contribution in [1.82, 2.24) is 15.0 Å². The second-order valence-corrected chi connectivity index (χ2v) is 4.39. The van der Waals surface area contributed by atoms with E-state index >= 15 is 0 Å². The summed E-state index contributed by atoms with van der Waals surface area (Å²) in [7, 11) is 0. The molecule has 0 radical (unpaired) electrons. The summed E-state index contributed by atoms with van der Waals surface area (Å²) in [5.41, 5.74) is 1.50. The lowest BCUT2D eigenvalue weighted by Crippen LogP contribution is -1.94. The number of hydrogen-bond donors (Lipinski definition) is 0. The molecular weight excluding hydrogens is 262 g/mol. The predicted molar refractivity (Wildman–Crippen MR) is 73.6 cm³/mol. The zero-order valence-corrected chi connectivity index (χ0v) is 10.9. The highest BCUT2D eigenvalue weighted by Gasteiger charge is 2.09. The number of pyridine rings is 1. The van der Waals surface area contributed by atoms with Gasteiger partial charge < -0.3 is 4.74 Å². The summed E-state index contributed by atoms with van der Waals surface area (Å²) in [5, 5.41) is 1.40. The number of ether oxygens (including phenoxy) is 1. The van der Waals surface area contributed by atoms with Gasteiger partial charge in [0, 0.05) is 17.1 Å². The maximum absolute atomic E-state index is 5.95. The Morgan fingerprint density at radius 1 is 1.05 bits per heavy atom. The van der Waals surface area contributed by atoms with Gasteiger partial charge in [-0.1, -0.05) is 29.8 Å². The van der Waals surface area contributed by atoms with E-state index in [2.05, 4.69) is 15.0 Å². The number of aromatic nitrogens is 3. The van der Waals surface area contributed by atoms with Crippen molar-refractivity contribution in [2.75, 3.05) is 0 Å². The number of fused-ring (bicyclic) bond motifs is 1. The van der Waals surface area contributed by atoms with Crippen LogP contribution in [-0.4, -0.2) is 15.0 Å². The van der Waals surface area contributed by atoms with Crippen molar-refractivity contribution in [1.29, 1.82) is 0 Å². The Hall–Kier alpha value is -2.20. The summed E-state index contributed by atoms with van der Waals surface area (Å²) < 4.78 is 5.81. The lowest BCUT2D eigenvalue weighted by Gasteiger charge is -2.09. The number of para-hydroxylation sites is 1. The fraction of sp³-hybridized carbons (Fsp3) is 0.0714. The second kappa shape index (κ2) is 4.82. The van der Waals surface area contributed by atoms with Gasteiger partial charge in [-0.2, -0.15) is 0 Å².